The van der Waals surface area contributed by atoms with E-state index in [0.29, 0.717) is 19.0 Å². The molecule has 1 heterocycles. The molecule has 307 valence electrons. The molecule has 1 fully saturated rings. The molecular weight excluding hydrogens is 1130 g/mol. The SMILES string of the molecule is CC(=O)O.CCC[CH2][Sn]1([CH2]CCC)[S][Sn]([CH2]CCC)([CH2]CCC)[S][Sn]([CH2]CCC)([CH2]CCC)[S]1.COCCO.COCCO.OCCS.[Cu].[Zn]. The van der Waals surface area contributed by atoms with Gasteiger partial charge in [-0.1, -0.05) is 0 Å². The van der Waals surface area contributed by atoms with E-state index in [1.54, 1.807) is 79.4 Å². The number of carbonyl (C=O) groups is 1. The summed E-state index contributed by atoms with van der Waals surface area (Å²) in [5, 5.41) is 31.1. The van der Waals surface area contributed by atoms with Gasteiger partial charge in [-0.25, -0.2) is 0 Å². The number of carboxylic acid groups (broad SMARTS) is 1. The Labute approximate surface area is 355 Å². The van der Waals surface area contributed by atoms with E-state index in [9.17, 15) is 0 Å². The summed E-state index contributed by atoms with van der Waals surface area (Å²) in [5.41, 5.74) is 0. The normalized spacial score (nSPS) is 14.7. The van der Waals surface area contributed by atoms with Crippen LogP contribution >= 0.6 is 31.0 Å². The largest absolute Gasteiger partial charge is 0.396 e. The number of hydrogen-bond acceptors (Lipinski definition) is 10. The van der Waals surface area contributed by atoms with Crippen LogP contribution in [0.3, 0.4) is 0 Å². The molecule has 0 aromatic heterocycles. The first-order chi connectivity index (χ1) is 23.0. The first-order valence-electron chi connectivity index (χ1n) is 18.7. The van der Waals surface area contributed by atoms with Gasteiger partial charge in [-0.15, -0.1) is 0 Å². The number of aliphatic hydroxyl groups is 3. The minimum absolute atomic E-state index is 0. The van der Waals surface area contributed by atoms with Crippen LogP contribution in [-0.2, 0) is 50.8 Å². The molecule has 16 heteroatoms. The number of rotatable bonds is 23. The van der Waals surface area contributed by atoms with E-state index in [2.05, 4.69) is 82.0 Å². The average molecular weight is 1210 g/mol. The molecule has 1 aliphatic rings. The Morgan fingerprint density at radius 2 is 0.740 bits per heavy atom. The van der Waals surface area contributed by atoms with E-state index < -0.39 is 52.8 Å². The number of aliphatic carboxylic acids is 1. The Kier molecular flexibility index (Phi) is 65.2. The van der Waals surface area contributed by atoms with Crippen molar-refractivity contribution in [2.24, 2.45) is 0 Å². The molecule has 0 unspecified atom stereocenters. The van der Waals surface area contributed by atoms with Crippen molar-refractivity contribution in [2.75, 3.05) is 53.0 Å². The maximum atomic E-state index is 9.00. The summed E-state index contributed by atoms with van der Waals surface area (Å²) in [6.45, 7) is 17.2. The van der Waals surface area contributed by atoms with Crippen LogP contribution in [0.15, 0.2) is 0 Å². The van der Waals surface area contributed by atoms with Gasteiger partial charge >= 0.3 is 210 Å². The van der Waals surface area contributed by atoms with Crippen LogP contribution in [0, 0.1) is 0 Å². The molecule has 0 bridgehead atoms. The molecule has 1 rings (SSSR count). The number of aliphatic hydroxyl groups excluding tert-OH is 3. The number of unbranched alkanes of at least 4 members (excludes halogenated alkanes) is 6. The van der Waals surface area contributed by atoms with Crippen LogP contribution in [0.4, 0.5) is 0 Å². The minimum Gasteiger partial charge on any atom is -0.396 e. The Balaban J connectivity index is -0.000000199. The molecule has 4 N–H and O–H groups in total. The molecular formula is C34H80CuO7S4Sn3Zn. The van der Waals surface area contributed by atoms with Gasteiger partial charge in [-0.05, 0) is 0 Å². The van der Waals surface area contributed by atoms with Crippen molar-refractivity contribution in [3.8, 4) is 0 Å². The summed E-state index contributed by atoms with van der Waals surface area (Å²) in [7, 11) is 3.10. The third-order valence-corrected chi connectivity index (χ3v) is 260. The van der Waals surface area contributed by atoms with Gasteiger partial charge in [0.1, 0.15) is 0 Å². The van der Waals surface area contributed by atoms with Gasteiger partial charge in [-0.2, -0.15) is 12.6 Å². The molecule has 7 nitrogen and oxygen atoms in total. The van der Waals surface area contributed by atoms with Crippen LogP contribution in [0.2, 0.25) is 26.6 Å². The van der Waals surface area contributed by atoms with E-state index in [1.807, 2.05) is 0 Å². The first-order valence-corrected chi connectivity index (χ1v) is 54.8. The van der Waals surface area contributed by atoms with E-state index >= 15 is 0 Å². The molecule has 0 saturated carbocycles. The van der Waals surface area contributed by atoms with E-state index in [4.69, 9.17) is 25.2 Å². The molecule has 0 amide bonds. The first kappa shape index (κ1) is 66.0. The fourth-order valence-corrected chi connectivity index (χ4v) is 573. The summed E-state index contributed by atoms with van der Waals surface area (Å²) in [4.78, 5) is 9.00. The van der Waals surface area contributed by atoms with Crippen molar-refractivity contribution in [3.05, 3.63) is 0 Å². The summed E-state index contributed by atoms with van der Waals surface area (Å²) in [6.07, 6.45) is 26.9. The summed E-state index contributed by atoms with van der Waals surface area (Å²) < 4.78 is 19.4. The van der Waals surface area contributed by atoms with Gasteiger partial charge in [0.2, 0.25) is 0 Å². The zero-order valence-corrected chi connectivity index (χ0v) is 49.5. The van der Waals surface area contributed by atoms with Gasteiger partial charge in [0.05, 0.1) is 33.0 Å². The van der Waals surface area contributed by atoms with E-state index in [0.717, 1.165) is 6.92 Å². The van der Waals surface area contributed by atoms with Crippen molar-refractivity contribution in [2.45, 2.75) is 152 Å². The molecule has 0 atom stereocenters. The minimum atomic E-state index is -2.14. The maximum Gasteiger partial charge on any atom is 0.0693 e. The van der Waals surface area contributed by atoms with Gasteiger partial charge < -0.3 is 29.9 Å². The van der Waals surface area contributed by atoms with Crippen molar-refractivity contribution >= 4 is 83.8 Å². The smallest absolute Gasteiger partial charge is 0.0693 e. The number of carboxylic acids is 1. The third-order valence-electron chi connectivity index (χ3n) is 7.27. The van der Waals surface area contributed by atoms with Crippen molar-refractivity contribution in [1.29, 1.82) is 0 Å². The summed E-state index contributed by atoms with van der Waals surface area (Å²) in [5.74, 6) is -0.264. The van der Waals surface area contributed by atoms with Crippen LogP contribution in [0.1, 0.15) is 126 Å². The second kappa shape index (κ2) is 49.4. The number of methoxy groups -OCH3 is 2. The maximum absolute atomic E-state index is 9.00. The Hall–Kier alpha value is 4.21. The fourth-order valence-electron chi connectivity index (χ4n) is 4.93. The Morgan fingerprint density at radius 3 is 0.820 bits per heavy atom. The van der Waals surface area contributed by atoms with E-state index in [1.165, 1.54) is 38.5 Å². The molecule has 0 aromatic carbocycles. The monoisotopic (exact) mass is 1220 g/mol. The quantitative estimate of drug-likeness (QED) is 0.0500. The molecule has 0 aromatic rings. The van der Waals surface area contributed by atoms with E-state index in [-0.39, 0.29) is 56.4 Å². The summed E-state index contributed by atoms with van der Waals surface area (Å²) >= 11 is -2.75. The number of thiol groups is 1. The predicted octanol–water partition coefficient (Wildman–Crippen LogP) is 10.6. The molecule has 1 saturated heterocycles. The second-order valence-electron chi connectivity index (χ2n) is 12.1. The molecule has 1 aliphatic heterocycles. The molecule has 50 heavy (non-hydrogen) atoms. The van der Waals surface area contributed by atoms with Crippen molar-refractivity contribution in [1.82, 2.24) is 0 Å². The van der Waals surface area contributed by atoms with Crippen LogP contribution in [0.5, 0.6) is 0 Å². The average Bonchev–Trinajstić information content (AvgIpc) is 3.07. The third kappa shape index (κ3) is 41.8. The standard InChI is InChI=1S/6C4H9.2C3H8O2.C2H4O2.C2H6OS.Cu.3S.3Sn.Zn/c6*1-3-4-2;2*1-5-3-2-4;1-2(3)4;3-1-2-4;;;;;;;;/h6*1,3-4H2,2H3;2*4H,2-3H2,1H3;1H3,(H,3,4);3-4H,1-2H2;;;;;;;;. The Morgan fingerprint density at radius 1 is 0.560 bits per heavy atom. The van der Waals surface area contributed by atoms with Crippen LogP contribution in [0.25, 0.3) is 0 Å². The fraction of sp³-hybridized carbons (Fsp3) is 0.971. The Bertz CT molecular complexity index is 560. The van der Waals surface area contributed by atoms with Gasteiger partial charge in [0.15, 0.2) is 0 Å². The molecule has 0 aliphatic carbocycles. The summed E-state index contributed by atoms with van der Waals surface area (Å²) in [6, 6.07) is 0. The second-order valence-corrected chi connectivity index (χ2v) is 114. The predicted molar refractivity (Wildman–Crippen MR) is 230 cm³/mol. The zero-order valence-electron chi connectivity index (χ0n) is 33.7. The molecule has 1 radical (unpaired) electrons. The van der Waals surface area contributed by atoms with Gasteiger partial charge in [0.25, 0.3) is 5.97 Å². The topological polar surface area (TPSA) is 116 Å². The zero-order chi connectivity index (χ0) is 37.6. The van der Waals surface area contributed by atoms with Crippen molar-refractivity contribution in [3.63, 3.8) is 0 Å². The number of hydrogen-bond donors (Lipinski definition) is 5. The van der Waals surface area contributed by atoms with Gasteiger partial charge in [0, 0.05) is 63.4 Å². The molecule has 0 spiro atoms. The van der Waals surface area contributed by atoms with Crippen molar-refractivity contribution < 1.29 is 71.2 Å². The van der Waals surface area contributed by atoms with Crippen LogP contribution in [-0.4, -0.2) is 126 Å². The number of ether oxygens (including phenoxy) is 2. The van der Waals surface area contributed by atoms with Gasteiger partial charge in [-0.3, -0.25) is 4.79 Å². The van der Waals surface area contributed by atoms with Crippen LogP contribution < -0.4 is 0 Å².